The Hall–Kier alpha value is -0.980. The van der Waals surface area contributed by atoms with Crippen molar-refractivity contribution in [3.63, 3.8) is 0 Å². The second-order valence-corrected chi connectivity index (χ2v) is 5.11. The van der Waals surface area contributed by atoms with E-state index in [1.807, 2.05) is 30.0 Å². The van der Waals surface area contributed by atoms with Gasteiger partial charge in [-0.2, -0.15) is 17.0 Å². The van der Waals surface area contributed by atoms with Crippen LogP contribution in [0, 0.1) is 18.3 Å². The highest BCUT2D eigenvalue weighted by Crippen LogP contribution is 2.11. The zero-order valence-corrected chi connectivity index (χ0v) is 11.6. The van der Waals surface area contributed by atoms with Crippen LogP contribution in [0.15, 0.2) is 18.2 Å². The fourth-order valence-electron chi connectivity index (χ4n) is 1.74. The summed E-state index contributed by atoms with van der Waals surface area (Å²) in [6.07, 6.45) is 3.29. The summed E-state index contributed by atoms with van der Waals surface area (Å²) in [5.41, 5.74) is 3.21. The summed E-state index contributed by atoms with van der Waals surface area (Å²) in [6, 6.07) is 8.62. The number of nitrogens with zero attached hydrogens (tertiary/aromatic N) is 1. The molecule has 1 unspecified atom stereocenters. The first-order valence-electron chi connectivity index (χ1n) is 5.93. The van der Waals surface area contributed by atoms with Gasteiger partial charge in [-0.1, -0.05) is 13.0 Å². The minimum absolute atomic E-state index is 0.569. The molecule has 1 atom stereocenters. The highest BCUT2D eigenvalue weighted by Gasteiger charge is 2.06. The number of nitrogens with one attached hydrogen (secondary N) is 1. The summed E-state index contributed by atoms with van der Waals surface area (Å²) in [5, 5.41) is 12.4. The molecule has 1 aromatic carbocycles. The number of rotatable bonds is 6. The van der Waals surface area contributed by atoms with Crippen molar-refractivity contribution in [2.75, 3.05) is 12.0 Å². The minimum atomic E-state index is 0.569. The van der Waals surface area contributed by atoms with E-state index in [2.05, 4.69) is 31.5 Å². The molecule has 1 rings (SSSR count). The Morgan fingerprint density at radius 3 is 2.76 bits per heavy atom. The van der Waals surface area contributed by atoms with Crippen LogP contribution in [0.25, 0.3) is 0 Å². The molecule has 0 spiro atoms. The third-order valence-electron chi connectivity index (χ3n) is 2.91. The van der Waals surface area contributed by atoms with Gasteiger partial charge in [-0.25, -0.2) is 0 Å². The van der Waals surface area contributed by atoms with E-state index in [1.165, 1.54) is 11.1 Å². The van der Waals surface area contributed by atoms with Gasteiger partial charge in [0, 0.05) is 18.3 Å². The summed E-state index contributed by atoms with van der Waals surface area (Å²) in [4.78, 5) is 0. The van der Waals surface area contributed by atoms with Gasteiger partial charge in [0.05, 0.1) is 11.6 Å². The van der Waals surface area contributed by atoms with Gasteiger partial charge >= 0.3 is 0 Å². The molecular formula is C14H20N2S. The lowest BCUT2D eigenvalue weighted by atomic mass is 10.1. The maximum atomic E-state index is 8.81. The zero-order valence-electron chi connectivity index (χ0n) is 10.8. The molecule has 3 heteroatoms. The number of hydrogen-bond donors (Lipinski definition) is 1. The van der Waals surface area contributed by atoms with E-state index in [0.717, 1.165) is 24.3 Å². The average Bonchev–Trinajstić information content (AvgIpc) is 2.35. The van der Waals surface area contributed by atoms with Gasteiger partial charge in [0.15, 0.2) is 0 Å². The van der Waals surface area contributed by atoms with Crippen LogP contribution < -0.4 is 5.32 Å². The van der Waals surface area contributed by atoms with Gasteiger partial charge in [0.1, 0.15) is 0 Å². The normalized spacial score (nSPS) is 12.1. The zero-order chi connectivity index (χ0) is 12.7. The van der Waals surface area contributed by atoms with Crippen LogP contribution in [0.1, 0.15) is 30.0 Å². The van der Waals surface area contributed by atoms with Gasteiger partial charge in [-0.3, -0.25) is 0 Å². The summed E-state index contributed by atoms with van der Waals surface area (Å²) < 4.78 is 0. The molecule has 92 valence electrons. The van der Waals surface area contributed by atoms with E-state index in [4.69, 9.17) is 5.26 Å². The topological polar surface area (TPSA) is 35.8 Å². The summed E-state index contributed by atoms with van der Waals surface area (Å²) in [5.74, 6) is 1.14. The molecule has 0 bridgehead atoms. The van der Waals surface area contributed by atoms with E-state index in [-0.39, 0.29) is 0 Å². The van der Waals surface area contributed by atoms with Crippen molar-refractivity contribution in [3.8, 4) is 6.07 Å². The summed E-state index contributed by atoms with van der Waals surface area (Å²) >= 11 is 1.87. The van der Waals surface area contributed by atoms with Crippen molar-refractivity contribution in [1.29, 1.82) is 5.26 Å². The maximum Gasteiger partial charge on any atom is 0.0991 e. The fourth-order valence-corrected chi connectivity index (χ4v) is 2.50. The standard InChI is InChI=1S/C14H20N2S/c1-4-14(10-17-3)16-9-13-6-5-12(8-15)7-11(13)2/h5-7,14,16H,4,9-10H2,1-3H3. The van der Waals surface area contributed by atoms with E-state index < -0.39 is 0 Å². The third kappa shape index (κ3) is 4.41. The Balaban J connectivity index is 2.60. The predicted molar refractivity (Wildman–Crippen MR) is 75.2 cm³/mol. The molecule has 0 saturated carbocycles. The van der Waals surface area contributed by atoms with E-state index in [1.54, 1.807) is 0 Å². The second kappa shape index (κ2) is 7.37. The van der Waals surface area contributed by atoms with Crippen LogP contribution >= 0.6 is 11.8 Å². The predicted octanol–water partition coefficient (Wildman–Crippen LogP) is 3.10. The van der Waals surface area contributed by atoms with Crippen LogP contribution in [0.5, 0.6) is 0 Å². The van der Waals surface area contributed by atoms with Gasteiger partial charge in [-0.15, -0.1) is 0 Å². The Bertz CT molecular complexity index is 396. The van der Waals surface area contributed by atoms with Gasteiger partial charge in [0.25, 0.3) is 0 Å². The lowest BCUT2D eigenvalue weighted by molar-refractivity contribution is 0.540. The van der Waals surface area contributed by atoms with Gasteiger partial charge < -0.3 is 5.32 Å². The molecular weight excluding hydrogens is 228 g/mol. The van der Waals surface area contributed by atoms with Crippen LogP contribution in [0.4, 0.5) is 0 Å². The first-order valence-corrected chi connectivity index (χ1v) is 7.32. The molecule has 0 aliphatic rings. The highest BCUT2D eigenvalue weighted by atomic mass is 32.2. The van der Waals surface area contributed by atoms with E-state index in [0.29, 0.717) is 6.04 Å². The van der Waals surface area contributed by atoms with Crippen molar-refractivity contribution in [1.82, 2.24) is 5.32 Å². The van der Waals surface area contributed by atoms with Gasteiger partial charge in [0.2, 0.25) is 0 Å². The third-order valence-corrected chi connectivity index (χ3v) is 3.65. The van der Waals surface area contributed by atoms with Crippen molar-refractivity contribution in [2.45, 2.75) is 32.9 Å². The molecule has 0 aliphatic heterocycles. The van der Waals surface area contributed by atoms with Crippen LogP contribution in [0.2, 0.25) is 0 Å². The summed E-state index contributed by atoms with van der Waals surface area (Å²) in [7, 11) is 0. The van der Waals surface area contributed by atoms with Crippen LogP contribution in [-0.2, 0) is 6.54 Å². The van der Waals surface area contributed by atoms with Gasteiger partial charge in [-0.05, 0) is 42.9 Å². The van der Waals surface area contributed by atoms with Crippen molar-refractivity contribution < 1.29 is 0 Å². The number of thioether (sulfide) groups is 1. The molecule has 1 aromatic rings. The molecule has 0 amide bonds. The highest BCUT2D eigenvalue weighted by molar-refractivity contribution is 7.98. The minimum Gasteiger partial charge on any atom is -0.309 e. The van der Waals surface area contributed by atoms with Crippen molar-refractivity contribution in [3.05, 3.63) is 34.9 Å². The largest absolute Gasteiger partial charge is 0.309 e. The SMILES string of the molecule is CCC(CSC)NCc1ccc(C#N)cc1C. The van der Waals surface area contributed by atoms with Crippen molar-refractivity contribution >= 4 is 11.8 Å². The Morgan fingerprint density at radius 2 is 2.24 bits per heavy atom. The quantitative estimate of drug-likeness (QED) is 0.840. The smallest absolute Gasteiger partial charge is 0.0991 e. The van der Waals surface area contributed by atoms with E-state index in [9.17, 15) is 0 Å². The Labute approximate surface area is 108 Å². The number of hydrogen-bond acceptors (Lipinski definition) is 3. The number of aryl methyl sites for hydroxylation is 1. The second-order valence-electron chi connectivity index (χ2n) is 4.19. The lowest BCUT2D eigenvalue weighted by Gasteiger charge is -2.16. The Morgan fingerprint density at radius 1 is 1.47 bits per heavy atom. The average molecular weight is 248 g/mol. The monoisotopic (exact) mass is 248 g/mol. The summed E-state index contributed by atoms with van der Waals surface area (Å²) in [6.45, 7) is 5.16. The molecule has 0 aliphatic carbocycles. The molecule has 17 heavy (non-hydrogen) atoms. The van der Waals surface area contributed by atoms with Crippen LogP contribution in [0.3, 0.4) is 0 Å². The Kier molecular flexibility index (Phi) is 6.10. The lowest BCUT2D eigenvalue weighted by Crippen LogP contribution is -2.30. The first kappa shape index (κ1) is 14.1. The maximum absolute atomic E-state index is 8.81. The molecule has 0 saturated heterocycles. The molecule has 0 heterocycles. The molecule has 0 radical (unpaired) electrons. The van der Waals surface area contributed by atoms with E-state index >= 15 is 0 Å². The number of nitriles is 1. The molecule has 0 fully saturated rings. The molecule has 0 aromatic heterocycles. The first-order chi connectivity index (χ1) is 8.21. The fraction of sp³-hybridized carbons (Fsp3) is 0.500. The number of benzene rings is 1. The van der Waals surface area contributed by atoms with Crippen LogP contribution in [-0.4, -0.2) is 18.1 Å². The molecule has 1 N–H and O–H groups in total. The van der Waals surface area contributed by atoms with Crippen molar-refractivity contribution in [2.24, 2.45) is 0 Å². The molecule has 2 nitrogen and oxygen atoms in total.